The van der Waals surface area contributed by atoms with E-state index < -0.39 is 0 Å². The Morgan fingerprint density at radius 3 is 2.73 bits per heavy atom. The van der Waals surface area contributed by atoms with Gasteiger partial charge in [-0.2, -0.15) is 0 Å². The molecular weight excluding hydrogens is 188 g/mol. The van der Waals surface area contributed by atoms with Crippen molar-refractivity contribution in [1.82, 2.24) is 4.90 Å². The maximum absolute atomic E-state index is 6.00. The highest BCUT2D eigenvalue weighted by atomic mass is 16.5. The zero-order chi connectivity index (χ0) is 10.7. The molecule has 2 aliphatic rings. The summed E-state index contributed by atoms with van der Waals surface area (Å²) in [4.78, 5) is 2.64. The first-order valence-corrected chi connectivity index (χ1v) is 6.25. The minimum Gasteiger partial charge on any atom is -0.384 e. The van der Waals surface area contributed by atoms with Crippen LogP contribution in [0.4, 0.5) is 0 Å². The Kier molecular flexibility index (Phi) is 3.65. The molecule has 15 heavy (non-hydrogen) atoms. The fourth-order valence-corrected chi connectivity index (χ4v) is 3.32. The van der Waals surface area contributed by atoms with E-state index in [1.54, 1.807) is 7.11 Å². The van der Waals surface area contributed by atoms with Crippen LogP contribution in [-0.2, 0) is 4.74 Å². The highest BCUT2D eigenvalue weighted by Gasteiger charge is 2.41. The molecule has 0 radical (unpaired) electrons. The quantitative estimate of drug-likeness (QED) is 0.761. The molecule has 88 valence electrons. The first kappa shape index (κ1) is 11.4. The minimum absolute atomic E-state index is 0.350. The van der Waals surface area contributed by atoms with Gasteiger partial charge in [-0.05, 0) is 31.7 Å². The minimum atomic E-state index is 0.350. The van der Waals surface area contributed by atoms with Crippen molar-refractivity contribution in [3.05, 3.63) is 0 Å². The lowest BCUT2D eigenvalue weighted by Gasteiger charge is -2.38. The third-order valence-corrected chi connectivity index (χ3v) is 4.27. The van der Waals surface area contributed by atoms with Crippen LogP contribution >= 0.6 is 0 Å². The molecule has 1 unspecified atom stereocenters. The summed E-state index contributed by atoms with van der Waals surface area (Å²) < 4.78 is 5.25. The molecule has 0 aromatic heterocycles. The van der Waals surface area contributed by atoms with Crippen LogP contribution < -0.4 is 5.73 Å². The SMILES string of the molecule is COCC1CCN(C2(CN)CCCC2)C1. The molecule has 0 aromatic carbocycles. The molecule has 3 nitrogen and oxygen atoms in total. The lowest BCUT2D eigenvalue weighted by Crippen LogP contribution is -2.51. The van der Waals surface area contributed by atoms with Gasteiger partial charge in [0.05, 0.1) is 6.61 Å². The molecular formula is C12H24N2O. The normalized spacial score (nSPS) is 31.2. The molecule has 2 fully saturated rings. The van der Waals surface area contributed by atoms with E-state index in [2.05, 4.69) is 4.90 Å². The van der Waals surface area contributed by atoms with Gasteiger partial charge >= 0.3 is 0 Å². The molecule has 3 heteroatoms. The number of ether oxygens (including phenoxy) is 1. The number of rotatable bonds is 4. The van der Waals surface area contributed by atoms with Crippen molar-refractivity contribution in [1.29, 1.82) is 0 Å². The fraction of sp³-hybridized carbons (Fsp3) is 1.00. The van der Waals surface area contributed by atoms with Crippen molar-refractivity contribution in [3.63, 3.8) is 0 Å². The van der Waals surface area contributed by atoms with Crippen LogP contribution in [0.25, 0.3) is 0 Å². The van der Waals surface area contributed by atoms with Crippen LogP contribution in [0.3, 0.4) is 0 Å². The lowest BCUT2D eigenvalue weighted by atomic mass is 9.95. The molecule has 1 atom stereocenters. The summed E-state index contributed by atoms with van der Waals surface area (Å²) in [6.45, 7) is 4.18. The van der Waals surface area contributed by atoms with Crippen molar-refractivity contribution < 1.29 is 4.74 Å². The third-order valence-electron chi connectivity index (χ3n) is 4.27. The summed E-state index contributed by atoms with van der Waals surface area (Å²) in [6, 6.07) is 0. The van der Waals surface area contributed by atoms with Crippen LogP contribution in [0.1, 0.15) is 32.1 Å². The highest BCUT2D eigenvalue weighted by molar-refractivity contribution is 4.98. The second-order valence-corrected chi connectivity index (χ2v) is 5.19. The van der Waals surface area contributed by atoms with Crippen molar-refractivity contribution >= 4 is 0 Å². The zero-order valence-corrected chi connectivity index (χ0v) is 9.87. The van der Waals surface area contributed by atoms with E-state index >= 15 is 0 Å². The molecule has 1 saturated heterocycles. The maximum Gasteiger partial charge on any atom is 0.0503 e. The molecule has 0 bridgehead atoms. The molecule has 2 rings (SSSR count). The first-order chi connectivity index (χ1) is 7.30. The average molecular weight is 212 g/mol. The van der Waals surface area contributed by atoms with Gasteiger partial charge in [0.2, 0.25) is 0 Å². The monoisotopic (exact) mass is 212 g/mol. The van der Waals surface area contributed by atoms with Gasteiger partial charge in [-0.1, -0.05) is 12.8 Å². The molecule has 1 aliphatic heterocycles. The van der Waals surface area contributed by atoms with Gasteiger partial charge < -0.3 is 10.5 Å². The Labute approximate surface area is 93.0 Å². The van der Waals surface area contributed by atoms with Crippen LogP contribution in [-0.4, -0.2) is 43.8 Å². The summed E-state index contributed by atoms with van der Waals surface area (Å²) in [5.74, 6) is 0.735. The van der Waals surface area contributed by atoms with Crippen molar-refractivity contribution in [2.24, 2.45) is 11.7 Å². The molecule has 2 N–H and O–H groups in total. The van der Waals surface area contributed by atoms with Crippen LogP contribution in [0.15, 0.2) is 0 Å². The fourth-order valence-electron chi connectivity index (χ4n) is 3.32. The highest BCUT2D eigenvalue weighted by Crippen LogP contribution is 2.37. The zero-order valence-electron chi connectivity index (χ0n) is 9.87. The first-order valence-electron chi connectivity index (χ1n) is 6.25. The summed E-state index contributed by atoms with van der Waals surface area (Å²) >= 11 is 0. The maximum atomic E-state index is 6.00. The number of nitrogens with zero attached hydrogens (tertiary/aromatic N) is 1. The number of methoxy groups -OCH3 is 1. The van der Waals surface area contributed by atoms with Gasteiger partial charge in [0.1, 0.15) is 0 Å². The molecule has 0 amide bonds. The molecule has 1 aliphatic carbocycles. The largest absolute Gasteiger partial charge is 0.384 e. The number of nitrogens with two attached hydrogens (primary N) is 1. The second kappa shape index (κ2) is 4.81. The van der Waals surface area contributed by atoms with Crippen LogP contribution in [0, 0.1) is 5.92 Å². The van der Waals surface area contributed by atoms with Crippen molar-refractivity contribution in [3.8, 4) is 0 Å². The van der Waals surface area contributed by atoms with E-state index in [9.17, 15) is 0 Å². The topological polar surface area (TPSA) is 38.5 Å². The van der Waals surface area contributed by atoms with Crippen molar-refractivity contribution in [2.75, 3.05) is 33.4 Å². The average Bonchev–Trinajstić information content (AvgIpc) is 2.86. The van der Waals surface area contributed by atoms with E-state index in [1.807, 2.05) is 0 Å². The smallest absolute Gasteiger partial charge is 0.0503 e. The Balaban J connectivity index is 1.93. The van der Waals surface area contributed by atoms with Gasteiger partial charge in [0.15, 0.2) is 0 Å². The van der Waals surface area contributed by atoms with Gasteiger partial charge in [-0.25, -0.2) is 0 Å². The van der Waals surface area contributed by atoms with Gasteiger partial charge in [-0.3, -0.25) is 4.90 Å². The molecule has 0 aromatic rings. The predicted molar refractivity (Wildman–Crippen MR) is 61.8 cm³/mol. The van der Waals surface area contributed by atoms with E-state index in [4.69, 9.17) is 10.5 Å². The Morgan fingerprint density at radius 2 is 2.13 bits per heavy atom. The summed E-state index contributed by atoms with van der Waals surface area (Å²) in [5, 5.41) is 0. The number of hydrogen-bond acceptors (Lipinski definition) is 3. The van der Waals surface area contributed by atoms with Gasteiger partial charge in [0.25, 0.3) is 0 Å². The standard InChI is InChI=1S/C12H24N2O/c1-15-9-11-4-7-14(8-11)12(10-13)5-2-3-6-12/h11H,2-10,13H2,1H3. The van der Waals surface area contributed by atoms with E-state index in [1.165, 1.54) is 45.2 Å². The second-order valence-electron chi connectivity index (χ2n) is 5.19. The van der Waals surface area contributed by atoms with Crippen molar-refractivity contribution in [2.45, 2.75) is 37.6 Å². The lowest BCUT2D eigenvalue weighted by molar-refractivity contribution is 0.107. The Hall–Kier alpha value is -0.120. The summed E-state index contributed by atoms with van der Waals surface area (Å²) in [5.41, 5.74) is 6.34. The van der Waals surface area contributed by atoms with E-state index in [0.29, 0.717) is 5.54 Å². The van der Waals surface area contributed by atoms with Gasteiger partial charge in [-0.15, -0.1) is 0 Å². The van der Waals surface area contributed by atoms with Crippen LogP contribution in [0.5, 0.6) is 0 Å². The molecule has 1 saturated carbocycles. The number of hydrogen-bond donors (Lipinski definition) is 1. The predicted octanol–water partition coefficient (Wildman–Crippen LogP) is 1.23. The number of likely N-dealkylation sites (tertiary alicyclic amines) is 1. The van der Waals surface area contributed by atoms with E-state index in [0.717, 1.165) is 19.1 Å². The summed E-state index contributed by atoms with van der Waals surface area (Å²) in [6.07, 6.45) is 6.63. The summed E-state index contributed by atoms with van der Waals surface area (Å²) in [7, 11) is 1.80. The Bertz CT molecular complexity index is 202. The van der Waals surface area contributed by atoms with E-state index in [-0.39, 0.29) is 0 Å². The molecule has 0 spiro atoms. The molecule has 1 heterocycles. The van der Waals surface area contributed by atoms with Crippen LogP contribution in [0.2, 0.25) is 0 Å². The third kappa shape index (κ3) is 2.19. The Morgan fingerprint density at radius 1 is 1.40 bits per heavy atom. The van der Waals surface area contributed by atoms with Gasteiger partial charge in [0, 0.05) is 25.7 Å².